The van der Waals surface area contributed by atoms with Crippen LogP contribution >= 0.6 is 23.2 Å². The van der Waals surface area contributed by atoms with Gasteiger partial charge in [-0.2, -0.15) is 0 Å². The highest BCUT2D eigenvalue weighted by atomic mass is 35.5. The summed E-state index contributed by atoms with van der Waals surface area (Å²) >= 11 is 12.0. The Kier molecular flexibility index (Phi) is 4.07. The number of ether oxygens (including phenoxy) is 2. The van der Waals surface area contributed by atoms with Crippen LogP contribution in [0.15, 0.2) is 23.8 Å². The van der Waals surface area contributed by atoms with E-state index in [0.29, 0.717) is 40.7 Å². The van der Waals surface area contributed by atoms with Gasteiger partial charge >= 0.3 is 0 Å². The van der Waals surface area contributed by atoms with Crippen LogP contribution in [0.1, 0.15) is 12.5 Å². The van der Waals surface area contributed by atoms with Gasteiger partial charge in [0.25, 0.3) is 0 Å². The number of aldehydes is 1. The van der Waals surface area contributed by atoms with Crippen LogP contribution in [0.2, 0.25) is 10.0 Å². The van der Waals surface area contributed by atoms with Crippen LogP contribution in [0, 0.1) is 0 Å². The van der Waals surface area contributed by atoms with E-state index in [4.69, 9.17) is 32.7 Å². The van der Waals surface area contributed by atoms with Gasteiger partial charge in [-0.25, -0.2) is 0 Å². The zero-order chi connectivity index (χ0) is 13.2. The van der Waals surface area contributed by atoms with E-state index in [1.807, 2.05) is 0 Å². The van der Waals surface area contributed by atoms with E-state index in [-0.39, 0.29) is 0 Å². The van der Waals surface area contributed by atoms with E-state index in [2.05, 4.69) is 0 Å². The normalized spacial score (nSPS) is 18.9. The zero-order valence-corrected chi connectivity index (χ0v) is 11.3. The molecule has 1 aromatic carbocycles. The maximum absolute atomic E-state index is 11.2. The molecule has 96 valence electrons. The third kappa shape index (κ3) is 2.59. The number of halogens is 2. The van der Waals surface area contributed by atoms with Crippen LogP contribution in [0.25, 0.3) is 6.08 Å². The van der Waals surface area contributed by atoms with Crippen molar-refractivity contribution in [1.29, 1.82) is 0 Å². The molecule has 1 aliphatic rings. The second-order valence-electron chi connectivity index (χ2n) is 4.00. The zero-order valence-electron chi connectivity index (χ0n) is 9.78. The molecule has 2 rings (SSSR count). The fourth-order valence-electron chi connectivity index (χ4n) is 1.75. The van der Waals surface area contributed by atoms with Crippen molar-refractivity contribution < 1.29 is 14.3 Å². The fourth-order valence-corrected chi connectivity index (χ4v) is 2.12. The summed E-state index contributed by atoms with van der Waals surface area (Å²) in [5.41, 5.74) is 1.04. The van der Waals surface area contributed by atoms with Crippen molar-refractivity contribution in [2.24, 2.45) is 0 Å². The molecule has 1 aliphatic heterocycles. The molecule has 18 heavy (non-hydrogen) atoms. The molecule has 1 saturated heterocycles. The minimum Gasteiger partial charge on any atom is -0.344 e. The van der Waals surface area contributed by atoms with Crippen LogP contribution in [0.4, 0.5) is 0 Å². The Labute approximate surface area is 115 Å². The quantitative estimate of drug-likeness (QED) is 0.632. The number of rotatable bonds is 3. The average molecular weight is 287 g/mol. The Morgan fingerprint density at radius 2 is 2.00 bits per heavy atom. The topological polar surface area (TPSA) is 35.5 Å². The van der Waals surface area contributed by atoms with Crippen molar-refractivity contribution in [3.8, 4) is 0 Å². The van der Waals surface area contributed by atoms with Gasteiger partial charge in [0.2, 0.25) is 0 Å². The van der Waals surface area contributed by atoms with E-state index in [9.17, 15) is 4.79 Å². The summed E-state index contributed by atoms with van der Waals surface area (Å²) in [5.74, 6) is -1.01. The smallest absolute Gasteiger partial charge is 0.195 e. The van der Waals surface area contributed by atoms with Gasteiger partial charge in [-0.1, -0.05) is 35.3 Å². The molecule has 0 atom stereocenters. The molecule has 0 aromatic heterocycles. The van der Waals surface area contributed by atoms with E-state index in [1.165, 1.54) is 0 Å². The monoisotopic (exact) mass is 286 g/mol. The van der Waals surface area contributed by atoms with E-state index >= 15 is 0 Å². The lowest BCUT2D eigenvalue weighted by molar-refractivity contribution is -0.124. The maximum atomic E-state index is 11.2. The molecule has 0 spiro atoms. The lowest BCUT2D eigenvalue weighted by atomic mass is 10.1. The summed E-state index contributed by atoms with van der Waals surface area (Å²) in [5, 5.41) is 0.842. The number of carbonyl (C=O) groups is 1. The third-order valence-corrected chi connectivity index (χ3v) is 3.62. The molecule has 0 amide bonds. The van der Waals surface area contributed by atoms with Gasteiger partial charge in [-0.3, -0.25) is 4.79 Å². The minimum absolute atomic E-state index is 0.379. The molecule has 0 bridgehead atoms. The summed E-state index contributed by atoms with van der Waals surface area (Å²) in [6.07, 6.45) is 2.34. The van der Waals surface area contributed by atoms with Crippen molar-refractivity contribution in [3.05, 3.63) is 39.4 Å². The van der Waals surface area contributed by atoms with Crippen LogP contribution in [0.5, 0.6) is 0 Å². The van der Waals surface area contributed by atoms with E-state index in [1.54, 1.807) is 31.2 Å². The molecular formula is C13H12Cl2O3. The second kappa shape index (κ2) is 5.41. The Hall–Kier alpha value is -0.870. The predicted molar refractivity (Wildman–Crippen MR) is 70.8 cm³/mol. The first-order valence-corrected chi connectivity index (χ1v) is 6.22. The molecule has 0 saturated carbocycles. The molecule has 1 aromatic rings. The van der Waals surface area contributed by atoms with Crippen molar-refractivity contribution in [3.63, 3.8) is 0 Å². The fraction of sp³-hybridized carbons (Fsp3) is 0.308. The number of carbonyl (C=O) groups excluding carboxylic acids is 1. The van der Waals surface area contributed by atoms with Gasteiger partial charge in [0.15, 0.2) is 12.1 Å². The highest BCUT2D eigenvalue weighted by molar-refractivity contribution is 6.42. The molecule has 1 heterocycles. The molecule has 0 aliphatic carbocycles. The van der Waals surface area contributed by atoms with Crippen molar-refractivity contribution in [2.45, 2.75) is 12.7 Å². The molecule has 3 nitrogen and oxygen atoms in total. The van der Waals surface area contributed by atoms with Crippen LogP contribution in [-0.2, 0) is 14.3 Å². The Morgan fingerprint density at radius 1 is 1.33 bits per heavy atom. The number of benzene rings is 1. The van der Waals surface area contributed by atoms with Crippen LogP contribution in [0.3, 0.4) is 0 Å². The molecule has 5 heteroatoms. The maximum Gasteiger partial charge on any atom is 0.195 e. The predicted octanol–water partition coefficient (Wildman–Crippen LogP) is 3.34. The standard InChI is InChI=1S/C13H12Cl2O3/c1-13(17-5-6-18-13)10(8-16)7-9-3-2-4-11(14)12(9)15/h2-4,7-8H,5-6H2,1H3/b10-7-. The molecular weight excluding hydrogens is 275 g/mol. The van der Waals surface area contributed by atoms with Crippen LogP contribution in [-0.4, -0.2) is 25.3 Å². The largest absolute Gasteiger partial charge is 0.344 e. The Morgan fingerprint density at radius 3 is 2.61 bits per heavy atom. The number of hydrogen-bond donors (Lipinski definition) is 0. The lowest BCUT2D eigenvalue weighted by Gasteiger charge is -2.22. The van der Waals surface area contributed by atoms with Crippen molar-refractivity contribution in [1.82, 2.24) is 0 Å². The third-order valence-electron chi connectivity index (χ3n) is 2.78. The Bertz CT molecular complexity index is 491. The first-order valence-electron chi connectivity index (χ1n) is 5.46. The van der Waals surface area contributed by atoms with E-state index < -0.39 is 5.79 Å². The summed E-state index contributed by atoms with van der Waals surface area (Å²) in [6.45, 7) is 2.63. The molecule has 0 radical (unpaired) electrons. The van der Waals surface area contributed by atoms with Gasteiger partial charge in [-0.05, 0) is 24.6 Å². The second-order valence-corrected chi connectivity index (χ2v) is 4.79. The van der Waals surface area contributed by atoms with Gasteiger partial charge in [0, 0.05) is 0 Å². The summed E-state index contributed by atoms with van der Waals surface area (Å²) < 4.78 is 10.9. The molecule has 0 unspecified atom stereocenters. The van der Waals surface area contributed by atoms with Crippen LogP contribution < -0.4 is 0 Å². The van der Waals surface area contributed by atoms with Gasteiger partial charge in [0.1, 0.15) is 0 Å². The molecule has 1 fully saturated rings. The molecule has 0 N–H and O–H groups in total. The Balaban J connectivity index is 2.40. The van der Waals surface area contributed by atoms with Crippen molar-refractivity contribution in [2.75, 3.05) is 13.2 Å². The first kappa shape index (κ1) is 13.6. The lowest BCUT2D eigenvalue weighted by Crippen LogP contribution is -2.29. The highest BCUT2D eigenvalue weighted by Gasteiger charge is 2.35. The minimum atomic E-state index is -1.01. The van der Waals surface area contributed by atoms with Gasteiger partial charge in [0.05, 0.1) is 28.8 Å². The van der Waals surface area contributed by atoms with Crippen molar-refractivity contribution >= 4 is 35.6 Å². The average Bonchev–Trinajstić information content (AvgIpc) is 2.79. The SMILES string of the molecule is CC1(/C(C=O)=C\c2cccc(Cl)c2Cl)OCCO1. The van der Waals surface area contributed by atoms with E-state index in [0.717, 1.165) is 0 Å². The first-order chi connectivity index (χ1) is 8.57. The van der Waals surface area contributed by atoms with Gasteiger partial charge in [-0.15, -0.1) is 0 Å². The van der Waals surface area contributed by atoms with Gasteiger partial charge < -0.3 is 9.47 Å². The summed E-state index contributed by atoms with van der Waals surface area (Å²) in [6, 6.07) is 5.23. The highest BCUT2D eigenvalue weighted by Crippen LogP contribution is 2.31. The number of hydrogen-bond acceptors (Lipinski definition) is 3. The summed E-state index contributed by atoms with van der Waals surface area (Å²) in [4.78, 5) is 11.2. The summed E-state index contributed by atoms with van der Waals surface area (Å²) in [7, 11) is 0.